The van der Waals surface area contributed by atoms with Crippen molar-refractivity contribution in [2.45, 2.75) is 12.5 Å². The molecule has 1 aliphatic heterocycles. The van der Waals surface area contributed by atoms with Crippen LogP contribution in [0.15, 0.2) is 37.1 Å². The van der Waals surface area contributed by atoms with Crippen molar-refractivity contribution in [3.63, 3.8) is 0 Å². The molecule has 1 saturated heterocycles. The van der Waals surface area contributed by atoms with Crippen LogP contribution < -0.4 is 4.90 Å². The van der Waals surface area contributed by atoms with Crippen molar-refractivity contribution >= 4 is 5.82 Å². The number of hydrogen-bond donors (Lipinski definition) is 0. The number of nitrogens with zero attached hydrogens (tertiary/aromatic N) is 5. The van der Waals surface area contributed by atoms with Gasteiger partial charge in [0, 0.05) is 37.9 Å². The molecule has 1 unspecified atom stereocenters. The highest BCUT2D eigenvalue weighted by Gasteiger charge is 2.24. The van der Waals surface area contributed by atoms with Crippen LogP contribution in [0.1, 0.15) is 12.5 Å². The molecular weight excluding hydrogens is 202 g/mol. The maximum Gasteiger partial charge on any atom is 0.147 e. The van der Waals surface area contributed by atoms with Gasteiger partial charge in [-0.05, 0) is 12.5 Å². The highest BCUT2D eigenvalue weighted by Crippen LogP contribution is 2.24. The van der Waals surface area contributed by atoms with Gasteiger partial charge >= 0.3 is 0 Å². The lowest BCUT2D eigenvalue weighted by atomic mass is 10.3. The zero-order valence-corrected chi connectivity index (χ0v) is 8.90. The Balaban J connectivity index is 1.74. The van der Waals surface area contributed by atoms with Crippen LogP contribution in [-0.2, 0) is 0 Å². The van der Waals surface area contributed by atoms with Gasteiger partial charge in [0.2, 0.25) is 0 Å². The molecule has 3 rings (SSSR count). The third-order valence-corrected chi connectivity index (χ3v) is 2.94. The Labute approximate surface area is 93.7 Å². The molecule has 5 heteroatoms. The molecule has 5 nitrogen and oxygen atoms in total. The highest BCUT2D eigenvalue weighted by molar-refractivity contribution is 5.36. The van der Waals surface area contributed by atoms with E-state index in [1.54, 1.807) is 12.4 Å². The fourth-order valence-electron chi connectivity index (χ4n) is 2.12. The lowest BCUT2D eigenvalue weighted by molar-refractivity contribution is 0.494. The van der Waals surface area contributed by atoms with E-state index < -0.39 is 0 Å². The summed E-state index contributed by atoms with van der Waals surface area (Å²) in [5.41, 5.74) is 0. The predicted octanol–water partition coefficient (Wildman–Crippen LogP) is 1.12. The molecule has 0 aliphatic carbocycles. The fraction of sp³-hybridized carbons (Fsp3) is 0.364. The second kappa shape index (κ2) is 3.92. The first-order chi connectivity index (χ1) is 7.93. The molecule has 82 valence electrons. The first-order valence-corrected chi connectivity index (χ1v) is 5.43. The average molecular weight is 215 g/mol. The largest absolute Gasteiger partial charge is 0.353 e. The summed E-state index contributed by atoms with van der Waals surface area (Å²) in [5, 5.41) is 4.28. The number of hydrogen-bond acceptors (Lipinski definition) is 4. The van der Waals surface area contributed by atoms with Crippen molar-refractivity contribution in [2.24, 2.45) is 0 Å². The number of anilines is 1. The predicted molar refractivity (Wildman–Crippen MR) is 60.1 cm³/mol. The van der Waals surface area contributed by atoms with E-state index in [0.717, 1.165) is 25.3 Å². The molecule has 1 atom stereocenters. The van der Waals surface area contributed by atoms with E-state index in [1.807, 2.05) is 29.3 Å². The van der Waals surface area contributed by atoms with Gasteiger partial charge in [-0.25, -0.2) is 4.98 Å². The smallest absolute Gasteiger partial charge is 0.147 e. The molecular formula is C11H13N5. The summed E-state index contributed by atoms with van der Waals surface area (Å²) in [6, 6.07) is 2.42. The number of aromatic nitrogens is 4. The summed E-state index contributed by atoms with van der Waals surface area (Å²) < 4.78 is 2.02. The van der Waals surface area contributed by atoms with Gasteiger partial charge in [0.05, 0.1) is 12.2 Å². The van der Waals surface area contributed by atoms with Gasteiger partial charge in [-0.3, -0.25) is 9.67 Å². The Bertz CT molecular complexity index is 439. The van der Waals surface area contributed by atoms with Crippen molar-refractivity contribution < 1.29 is 0 Å². The maximum absolute atomic E-state index is 4.31. The molecule has 1 aliphatic rings. The quantitative estimate of drug-likeness (QED) is 0.753. The summed E-state index contributed by atoms with van der Waals surface area (Å²) in [7, 11) is 0. The summed E-state index contributed by atoms with van der Waals surface area (Å²) in [6.45, 7) is 1.98. The Kier molecular flexibility index (Phi) is 2.29. The summed E-state index contributed by atoms with van der Waals surface area (Å²) in [6.07, 6.45) is 10.2. The Morgan fingerprint density at radius 3 is 3.00 bits per heavy atom. The molecule has 2 aromatic rings. The van der Waals surface area contributed by atoms with Gasteiger partial charge in [-0.1, -0.05) is 0 Å². The third kappa shape index (κ3) is 1.64. The normalized spacial score (nSPS) is 20.2. The summed E-state index contributed by atoms with van der Waals surface area (Å²) >= 11 is 0. The Morgan fingerprint density at radius 2 is 2.25 bits per heavy atom. The van der Waals surface area contributed by atoms with Gasteiger partial charge in [0.15, 0.2) is 0 Å². The fourth-order valence-corrected chi connectivity index (χ4v) is 2.12. The minimum atomic E-state index is 0.456. The van der Waals surface area contributed by atoms with E-state index in [-0.39, 0.29) is 0 Å². The molecule has 0 saturated carbocycles. The summed E-state index contributed by atoms with van der Waals surface area (Å²) in [4.78, 5) is 10.7. The standard InChI is InChI=1S/C11H13N5/c1-3-14-16(6-1)10-2-7-15(9-10)11-8-12-4-5-13-11/h1,3-6,8,10H,2,7,9H2. The molecule has 1 fully saturated rings. The van der Waals surface area contributed by atoms with Crippen molar-refractivity contribution in [1.82, 2.24) is 19.7 Å². The van der Waals surface area contributed by atoms with E-state index in [1.165, 1.54) is 0 Å². The van der Waals surface area contributed by atoms with Crippen molar-refractivity contribution in [3.05, 3.63) is 37.1 Å². The van der Waals surface area contributed by atoms with Crippen LogP contribution in [0.25, 0.3) is 0 Å². The first-order valence-electron chi connectivity index (χ1n) is 5.43. The highest BCUT2D eigenvalue weighted by atomic mass is 15.3. The van der Waals surface area contributed by atoms with Crippen LogP contribution in [0.2, 0.25) is 0 Å². The lowest BCUT2D eigenvalue weighted by Crippen LogP contribution is -2.22. The van der Waals surface area contributed by atoms with Gasteiger partial charge in [0.1, 0.15) is 5.82 Å². The molecule has 0 aromatic carbocycles. The second-order valence-electron chi connectivity index (χ2n) is 3.94. The Hall–Kier alpha value is -1.91. The topological polar surface area (TPSA) is 46.8 Å². The van der Waals surface area contributed by atoms with Crippen LogP contribution in [0.5, 0.6) is 0 Å². The average Bonchev–Trinajstić information content (AvgIpc) is 3.01. The molecule has 0 spiro atoms. The SMILES string of the molecule is c1cnn(C2CCN(c3cnccn3)C2)c1. The van der Waals surface area contributed by atoms with Crippen molar-refractivity contribution in [2.75, 3.05) is 18.0 Å². The molecule has 0 N–H and O–H groups in total. The van der Waals surface area contributed by atoms with Gasteiger partial charge in [0.25, 0.3) is 0 Å². The van der Waals surface area contributed by atoms with E-state index in [9.17, 15) is 0 Å². The molecule has 16 heavy (non-hydrogen) atoms. The maximum atomic E-state index is 4.31. The van der Waals surface area contributed by atoms with Crippen molar-refractivity contribution in [3.8, 4) is 0 Å². The summed E-state index contributed by atoms with van der Waals surface area (Å²) in [5.74, 6) is 0.956. The van der Waals surface area contributed by atoms with Crippen LogP contribution in [0.4, 0.5) is 5.82 Å². The molecule has 0 amide bonds. The molecule has 0 bridgehead atoms. The lowest BCUT2D eigenvalue weighted by Gasteiger charge is -2.16. The monoisotopic (exact) mass is 215 g/mol. The Morgan fingerprint density at radius 1 is 1.25 bits per heavy atom. The second-order valence-corrected chi connectivity index (χ2v) is 3.94. The van der Waals surface area contributed by atoms with E-state index in [0.29, 0.717) is 6.04 Å². The van der Waals surface area contributed by atoms with Crippen LogP contribution >= 0.6 is 0 Å². The van der Waals surface area contributed by atoms with Crippen LogP contribution in [0, 0.1) is 0 Å². The zero-order chi connectivity index (χ0) is 10.8. The zero-order valence-electron chi connectivity index (χ0n) is 8.90. The minimum absolute atomic E-state index is 0.456. The van der Waals surface area contributed by atoms with Crippen molar-refractivity contribution in [1.29, 1.82) is 0 Å². The van der Waals surface area contributed by atoms with Gasteiger partial charge < -0.3 is 4.90 Å². The number of rotatable bonds is 2. The van der Waals surface area contributed by atoms with E-state index in [2.05, 4.69) is 20.0 Å². The van der Waals surface area contributed by atoms with Gasteiger partial charge in [-0.15, -0.1) is 0 Å². The third-order valence-electron chi connectivity index (χ3n) is 2.94. The van der Waals surface area contributed by atoms with Gasteiger partial charge in [-0.2, -0.15) is 5.10 Å². The first kappa shape index (κ1) is 9.33. The minimum Gasteiger partial charge on any atom is -0.353 e. The molecule has 0 radical (unpaired) electrons. The van der Waals surface area contributed by atoms with E-state index >= 15 is 0 Å². The van der Waals surface area contributed by atoms with Crippen LogP contribution in [-0.4, -0.2) is 32.8 Å². The van der Waals surface area contributed by atoms with E-state index in [4.69, 9.17) is 0 Å². The van der Waals surface area contributed by atoms with Crippen LogP contribution in [0.3, 0.4) is 0 Å². The molecule has 3 heterocycles. The molecule has 2 aromatic heterocycles.